The van der Waals surface area contributed by atoms with E-state index in [0.717, 1.165) is 30.2 Å². The molecule has 0 aliphatic heterocycles. The molecule has 102 valence electrons. The van der Waals surface area contributed by atoms with Crippen LogP contribution in [0.25, 0.3) is 10.2 Å². The molecule has 0 aliphatic rings. The van der Waals surface area contributed by atoms with E-state index in [0.29, 0.717) is 0 Å². The maximum atomic E-state index is 7.47. The highest BCUT2D eigenvalue weighted by molar-refractivity contribution is 7.18. The number of aromatic nitrogens is 1. The first-order valence-corrected chi connectivity index (χ1v) is 7.32. The highest BCUT2D eigenvalue weighted by Crippen LogP contribution is 2.22. The average Bonchev–Trinajstić information content (AvgIpc) is 2.79. The molecule has 0 saturated carbocycles. The van der Waals surface area contributed by atoms with Crippen LogP contribution in [-0.2, 0) is 6.54 Å². The van der Waals surface area contributed by atoms with Crippen LogP contribution >= 0.6 is 11.3 Å². The van der Waals surface area contributed by atoms with E-state index < -0.39 is 0 Å². The molecule has 1 heterocycles. The highest BCUT2D eigenvalue weighted by atomic mass is 32.1. The Balaban J connectivity index is 2.07. The van der Waals surface area contributed by atoms with Crippen LogP contribution in [0, 0.1) is 11.3 Å². The van der Waals surface area contributed by atoms with E-state index in [1.807, 2.05) is 25.1 Å². The zero-order valence-electron chi connectivity index (χ0n) is 11.4. The first kappa shape index (κ1) is 14.0. The summed E-state index contributed by atoms with van der Waals surface area (Å²) in [6.07, 6.45) is 0. The molecule has 5 heteroatoms. The molecule has 1 atom stereocenters. The van der Waals surface area contributed by atoms with Crippen molar-refractivity contribution in [1.82, 2.24) is 9.88 Å². The fourth-order valence-corrected chi connectivity index (χ4v) is 2.98. The minimum absolute atomic E-state index is 0.0920. The summed E-state index contributed by atoms with van der Waals surface area (Å²) in [5.74, 6) is 0.345. The fourth-order valence-electron chi connectivity index (χ4n) is 1.97. The fraction of sp³-hybridized carbons (Fsp3) is 0.429. The number of nitrogens with one attached hydrogen (secondary N) is 1. The second-order valence-corrected chi connectivity index (χ2v) is 5.87. The molecule has 0 aliphatic carbocycles. The lowest BCUT2D eigenvalue weighted by Gasteiger charge is -2.22. The van der Waals surface area contributed by atoms with Crippen molar-refractivity contribution < 1.29 is 0 Å². The van der Waals surface area contributed by atoms with Crippen LogP contribution < -0.4 is 5.73 Å². The van der Waals surface area contributed by atoms with Crippen molar-refractivity contribution >= 4 is 27.4 Å². The van der Waals surface area contributed by atoms with Gasteiger partial charge in [0.15, 0.2) is 0 Å². The van der Waals surface area contributed by atoms with Gasteiger partial charge in [0.1, 0.15) is 5.01 Å². The summed E-state index contributed by atoms with van der Waals surface area (Å²) in [6.45, 7) is 6.69. The number of para-hydroxylation sites is 1. The van der Waals surface area contributed by atoms with E-state index >= 15 is 0 Å². The van der Waals surface area contributed by atoms with Crippen LogP contribution in [0.15, 0.2) is 24.3 Å². The summed E-state index contributed by atoms with van der Waals surface area (Å²) in [7, 11) is 0. The van der Waals surface area contributed by atoms with Gasteiger partial charge < -0.3 is 5.73 Å². The molecular formula is C14H20N4S. The number of nitrogens with zero attached hydrogens (tertiary/aromatic N) is 2. The number of hydrogen-bond acceptors (Lipinski definition) is 4. The first-order chi connectivity index (χ1) is 9.10. The summed E-state index contributed by atoms with van der Waals surface area (Å²) in [5, 5.41) is 8.60. The van der Waals surface area contributed by atoms with Crippen LogP contribution in [0.4, 0.5) is 0 Å². The van der Waals surface area contributed by atoms with E-state index in [4.69, 9.17) is 11.1 Å². The van der Waals surface area contributed by atoms with Crippen molar-refractivity contribution in [3.05, 3.63) is 29.3 Å². The van der Waals surface area contributed by atoms with E-state index in [9.17, 15) is 0 Å². The molecule has 0 bridgehead atoms. The molecule has 2 aromatic rings. The summed E-state index contributed by atoms with van der Waals surface area (Å²) < 4.78 is 1.23. The Hall–Kier alpha value is -1.46. The lowest BCUT2D eigenvalue weighted by molar-refractivity contribution is 0.263. The van der Waals surface area contributed by atoms with Crippen LogP contribution in [0.1, 0.15) is 18.9 Å². The van der Waals surface area contributed by atoms with Gasteiger partial charge in [0.25, 0.3) is 0 Å². The quantitative estimate of drug-likeness (QED) is 0.629. The van der Waals surface area contributed by atoms with Gasteiger partial charge in [-0.1, -0.05) is 26.0 Å². The van der Waals surface area contributed by atoms with Crippen molar-refractivity contribution in [3.63, 3.8) is 0 Å². The number of thiazole rings is 1. The van der Waals surface area contributed by atoms with Crippen LogP contribution in [0.2, 0.25) is 0 Å². The lowest BCUT2D eigenvalue weighted by atomic mass is 10.1. The Morgan fingerprint density at radius 2 is 2.21 bits per heavy atom. The lowest BCUT2D eigenvalue weighted by Crippen LogP contribution is -2.34. The van der Waals surface area contributed by atoms with Gasteiger partial charge in [-0.3, -0.25) is 10.3 Å². The molecule has 1 aromatic heterocycles. The van der Waals surface area contributed by atoms with Gasteiger partial charge in [-0.2, -0.15) is 0 Å². The summed E-state index contributed by atoms with van der Waals surface area (Å²) >= 11 is 1.74. The van der Waals surface area contributed by atoms with Crippen molar-refractivity contribution in [2.45, 2.75) is 20.4 Å². The van der Waals surface area contributed by atoms with E-state index in [-0.39, 0.29) is 11.8 Å². The van der Waals surface area contributed by atoms with Gasteiger partial charge >= 0.3 is 0 Å². The van der Waals surface area contributed by atoms with Crippen molar-refractivity contribution in [2.75, 3.05) is 13.1 Å². The molecule has 1 unspecified atom stereocenters. The third-order valence-electron chi connectivity index (χ3n) is 3.21. The third kappa shape index (κ3) is 3.52. The zero-order valence-corrected chi connectivity index (χ0v) is 12.2. The predicted octanol–water partition coefficient (Wildman–Crippen LogP) is 2.69. The van der Waals surface area contributed by atoms with Gasteiger partial charge in [-0.25, -0.2) is 4.98 Å². The molecule has 19 heavy (non-hydrogen) atoms. The van der Waals surface area contributed by atoms with Gasteiger partial charge in [-0.15, -0.1) is 11.3 Å². The molecule has 0 amide bonds. The Labute approximate surface area is 117 Å². The second kappa shape index (κ2) is 6.12. The van der Waals surface area contributed by atoms with E-state index in [1.54, 1.807) is 11.3 Å². The predicted molar refractivity (Wildman–Crippen MR) is 81.6 cm³/mol. The minimum Gasteiger partial charge on any atom is -0.387 e. The normalized spacial score (nSPS) is 13.0. The molecule has 2 rings (SSSR count). The Morgan fingerprint density at radius 3 is 2.84 bits per heavy atom. The summed E-state index contributed by atoms with van der Waals surface area (Å²) in [5.41, 5.74) is 6.60. The number of benzene rings is 1. The molecule has 3 N–H and O–H groups in total. The molecule has 0 spiro atoms. The van der Waals surface area contributed by atoms with E-state index in [2.05, 4.69) is 22.9 Å². The Morgan fingerprint density at radius 1 is 1.47 bits per heavy atom. The van der Waals surface area contributed by atoms with Crippen LogP contribution in [-0.4, -0.2) is 28.8 Å². The van der Waals surface area contributed by atoms with Crippen LogP contribution in [0.5, 0.6) is 0 Å². The van der Waals surface area contributed by atoms with Crippen molar-refractivity contribution in [2.24, 2.45) is 11.7 Å². The number of fused-ring (bicyclic) bond motifs is 1. The number of rotatable bonds is 6. The van der Waals surface area contributed by atoms with Gasteiger partial charge in [-0.05, 0) is 18.7 Å². The smallest absolute Gasteiger partial charge is 0.108 e. The largest absolute Gasteiger partial charge is 0.387 e. The second-order valence-electron chi connectivity index (χ2n) is 4.76. The number of nitrogens with two attached hydrogens (primary N) is 1. The standard InChI is InChI=1S/C14H20N4S/c1-3-18(8-10(2)14(15)16)9-13-17-11-6-4-5-7-12(11)19-13/h4-7,10H,3,8-9H2,1-2H3,(H3,15,16). The SMILES string of the molecule is CCN(Cc1nc2ccccc2s1)CC(C)C(=N)N. The minimum atomic E-state index is 0.0920. The molecular weight excluding hydrogens is 256 g/mol. The Kier molecular flexibility index (Phi) is 4.50. The van der Waals surface area contributed by atoms with Gasteiger partial charge in [0.2, 0.25) is 0 Å². The Bertz CT molecular complexity index is 530. The monoisotopic (exact) mass is 276 g/mol. The molecule has 0 fully saturated rings. The summed E-state index contributed by atoms with van der Waals surface area (Å²) in [6, 6.07) is 8.20. The highest BCUT2D eigenvalue weighted by Gasteiger charge is 2.13. The molecule has 0 saturated heterocycles. The molecule has 0 radical (unpaired) electrons. The first-order valence-electron chi connectivity index (χ1n) is 6.51. The van der Waals surface area contributed by atoms with Gasteiger partial charge in [0.05, 0.1) is 22.6 Å². The topological polar surface area (TPSA) is 66.0 Å². The third-order valence-corrected chi connectivity index (χ3v) is 4.23. The molecule has 4 nitrogen and oxygen atoms in total. The maximum absolute atomic E-state index is 7.47. The average molecular weight is 276 g/mol. The van der Waals surface area contributed by atoms with E-state index in [1.165, 1.54) is 4.70 Å². The maximum Gasteiger partial charge on any atom is 0.108 e. The number of amidine groups is 1. The van der Waals surface area contributed by atoms with Gasteiger partial charge in [0, 0.05) is 12.5 Å². The summed E-state index contributed by atoms with van der Waals surface area (Å²) in [4.78, 5) is 6.93. The van der Waals surface area contributed by atoms with Crippen molar-refractivity contribution in [3.8, 4) is 0 Å². The molecule has 1 aromatic carbocycles. The zero-order chi connectivity index (χ0) is 13.8. The van der Waals surface area contributed by atoms with Crippen LogP contribution in [0.3, 0.4) is 0 Å². The van der Waals surface area contributed by atoms with Crippen molar-refractivity contribution in [1.29, 1.82) is 5.41 Å². The number of hydrogen-bond donors (Lipinski definition) is 2.